The number of benzene rings is 2. The summed E-state index contributed by atoms with van der Waals surface area (Å²) in [5.41, 5.74) is 1.24. The molecule has 2 rings (SSSR count). The molecule has 0 radical (unpaired) electrons. The maximum atomic E-state index is 12.1. The van der Waals surface area contributed by atoms with Crippen LogP contribution < -0.4 is 19.5 Å². The van der Waals surface area contributed by atoms with Crippen LogP contribution in [-0.4, -0.2) is 39.8 Å². The topological polar surface area (TPSA) is 83.1 Å². The minimum Gasteiger partial charge on any atom is -0.493 e. The van der Waals surface area contributed by atoms with Gasteiger partial charge in [0.15, 0.2) is 18.1 Å². The van der Waals surface area contributed by atoms with E-state index in [1.807, 2.05) is 24.3 Å². The quantitative estimate of drug-likeness (QED) is 0.488. The minimum atomic E-state index is -0.625. The van der Waals surface area contributed by atoms with Gasteiger partial charge in [0, 0.05) is 28.4 Å². The van der Waals surface area contributed by atoms with Crippen LogP contribution in [0.15, 0.2) is 46.9 Å². The largest absolute Gasteiger partial charge is 0.493 e. The number of methoxy groups -OCH3 is 3. The first kappa shape index (κ1) is 21.3. The summed E-state index contributed by atoms with van der Waals surface area (Å²) in [4.78, 5) is 23.8. The molecule has 0 aliphatic rings. The molecule has 0 spiro atoms. The lowest BCUT2D eigenvalue weighted by Gasteiger charge is -2.14. The van der Waals surface area contributed by atoms with Gasteiger partial charge in [-0.2, -0.15) is 0 Å². The van der Waals surface area contributed by atoms with Gasteiger partial charge in [0.2, 0.25) is 5.75 Å². The highest BCUT2D eigenvalue weighted by atomic mass is 79.9. The molecule has 1 N–H and O–H groups in total. The monoisotopic (exact) mass is 449 g/mol. The summed E-state index contributed by atoms with van der Waals surface area (Å²) in [6.07, 6.45) is 2.86. The average molecular weight is 450 g/mol. The zero-order valence-corrected chi connectivity index (χ0v) is 17.2. The van der Waals surface area contributed by atoms with Crippen LogP contribution in [-0.2, 0) is 14.3 Å². The predicted molar refractivity (Wildman–Crippen MR) is 109 cm³/mol. The minimum absolute atomic E-state index is 0.395. The molecule has 0 unspecified atom stereocenters. The van der Waals surface area contributed by atoms with Crippen molar-refractivity contribution in [3.05, 3.63) is 52.5 Å². The molecule has 0 fully saturated rings. The smallest absolute Gasteiger partial charge is 0.331 e. The number of carbonyl (C=O) groups is 2. The molecule has 1 amide bonds. The Kier molecular flexibility index (Phi) is 7.88. The second kappa shape index (κ2) is 10.4. The summed E-state index contributed by atoms with van der Waals surface area (Å²) in [6.45, 7) is -0.432. The van der Waals surface area contributed by atoms with E-state index in [1.54, 1.807) is 18.2 Å². The Morgan fingerprint density at radius 2 is 1.71 bits per heavy atom. The molecular weight excluding hydrogens is 430 g/mol. The first-order valence-electron chi connectivity index (χ1n) is 8.17. The highest BCUT2D eigenvalue weighted by Crippen LogP contribution is 2.39. The van der Waals surface area contributed by atoms with Crippen LogP contribution >= 0.6 is 15.9 Å². The lowest BCUT2D eigenvalue weighted by Crippen LogP contribution is -2.20. The second-order valence-corrected chi connectivity index (χ2v) is 6.37. The van der Waals surface area contributed by atoms with Crippen molar-refractivity contribution in [3.63, 3.8) is 0 Å². The number of hydrogen-bond acceptors (Lipinski definition) is 6. The summed E-state index contributed by atoms with van der Waals surface area (Å²) in [5, 5.41) is 2.62. The Hall–Kier alpha value is -3.00. The highest BCUT2D eigenvalue weighted by Gasteiger charge is 2.15. The van der Waals surface area contributed by atoms with Crippen LogP contribution in [0.1, 0.15) is 5.56 Å². The van der Waals surface area contributed by atoms with E-state index in [9.17, 15) is 9.59 Å². The number of nitrogens with one attached hydrogen (secondary N) is 1. The van der Waals surface area contributed by atoms with Gasteiger partial charge < -0.3 is 24.3 Å². The van der Waals surface area contributed by atoms with Crippen molar-refractivity contribution in [2.24, 2.45) is 0 Å². The van der Waals surface area contributed by atoms with Crippen molar-refractivity contribution < 1.29 is 28.5 Å². The number of halogens is 1. The van der Waals surface area contributed by atoms with Crippen LogP contribution in [0.2, 0.25) is 0 Å². The van der Waals surface area contributed by atoms with Crippen LogP contribution in [0.3, 0.4) is 0 Å². The van der Waals surface area contributed by atoms with Crippen molar-refractivity contribution in [2.45, 2.75) is 0 Å². The molecular formula is C20H20BrNO6. The molecule has 0 aliphatic heterocycles. The molecule has 0 aromatic heterocycles. The Bertz CT molecular complexity index is 856. The molecule has 8 heteroatoms. The molecule has 148 valence electrons. The van der Waals surface area contributed by atoms with E-state index < -0.39 is 18.5 Å². The van der Waals surface area contributed by atoms with Crippen LogP contribution in [0.25, 0.3) is 6.08 Å². The molecule has 0 saturated carbocycles. The molecule has 0 heterocycles. The number of amides is 1. The summed E-state index contributed by atoms with van der Waals surface area (Å²) in [5.74, 6) is 0.0720. The third-order valence-corrected chi connectivity index (χ3v) is 4.05. The van der Waals surface area contributed by atoms with E-state index in [2.05, 4.69) is 21.2 Å². The van der Waals surface area contributed by atoms with Gasteiger partial charge in [0.1, 0.15) is 0 Å². The van der Waals surface area contributed by atoms with Gasteiger partial charge in [-0.15, -0.1) is 0 Å². The summed E-state index contributed by atoms with van der Waals surface area (Å²) < 4.78 is 21.5. The van der Waals surface area contributed by atoms with Crippen molar-refractivity contribution in [1.82, 2.24) is 0 Å². The van der Waals surface area contributed by atoms with Crippen molar-refractivity contribution in [3.8, 4) is 17.2 Å². The van der Waals surface area contributed by atoms with E-state index in [0.29, 0.717) is 22.9 Å². The fourth-order valence-electron chi connectivity index (χ4n) is 2.31. The van der Waals surface area contributed by atoms with Crippen molar-refractivity contribution in [1.29, 1.82) is 0 Å². The van der Waals surface area contributed by atoms with Crippen LogP contribution in [0.5, 0.6) is 17.2 Å². The van der Waals surface area contributed by atoms with Gasteiger partial charge in [0.25, 0.3) is 5.91 Å². The predicted octanol–water partition coefficient (Wildman–Crippen LogP) is 3.67. The third kappa shape index (κ3) is 6.02. The number of ether oxygens (including phenoxy) is 4. The lowest BCUT2D eigenvalue weighted by molar-refractivity contribution is -0.142. The summed E-state index contributed by atoms with van der Waals surface area (Å²) in [7, 11) is 4.43. The Balaban J connectivity index is 1.94. The van der Waals surface area contributed by atoms with Crippen molar-refractivity contribution >= 4 is 39.6 Å². The summed E-state index contributed by atoms with van der Waals surface area (Å²) in [6, 6.07) is 10.6. The maximum absolute atomic E-state index is 12.1. The third-order valence-electron chi connectivity index (χ3n) is 3.55. The normalized spacial score (nSPS) is 10.4. The molecule has 2 aromatic carbocycles. The van der Waals surface area contributed by atoms with Gasteiger partial charge in [-0.25, -0.2) is 4.79 Å². The van der Waals surface area contributed by atoms with E-state index in [4.69, 9.17) is 18.9 Å². The highest BCUT2D eigenvalue weighted by molar-refractivity contribution is 9.10. The Morgan fingerprint density at radius 3 is 2.29 bits per heavy atom. The molecule has 0 atom stereocenters. The summed E-state index contributed by atoms with van der Waals surface area (Å²) >= 11 is 3.35. The standard InChI is InChI=1S/C20H20BrNO6/c1-25-16-10-15(11-17(26-2)20(16)27-3)22-18(23)12-28-19(24)8-7-13-5-4-6-14(21)9-13/h4-11H,12H2,1-3H3,(H,22,23)/b8-7+. The van der Waals surface area contributed by atoms with Gasteiger partial charge in [-0.3, -0.25) is 4.79 Å². The van der Waals surface area contributed by atoms with E-state index in [1.165, 1.54) is 27.4 Å². The van der Waals surface area contributed by atoms with Crippen LogP contribution in [0, 0.1) is 0 Å². The number of carbonyl (C=O) groups excluding carboxylic acids is 2. The first-order valence-corrected chi connectivity index (χ1v) is 8.96. The zero-order valence-electron chi connectivity index (χ0n) is 15.7. The van der Waals surface area contributed by atoms with Crippen LogP contribution in [0.4, 0.5) is 5.69 Å². The van der Waals surface area contributed by atoms with E-state index >= 15 is 0 Å². The SMILES string of the molecule is COc1cc(NC(=O)COC(=O)/C=C/c2cccc(Br)c2)cc(OC)c1OC. The van der Waals surface area contributed by atoms with Gasteiger partial charge in [-0.05, 0) is 23.8 Å². The lowest BCUT2D eigenvalue weighted by atomic mass is 10.2. The van der Waals surface area contributed by atoms with Gasteiger partial charge >= 0.3 is 5.97 Å². The molecule has 0 bridgehead atoms. The second-order valence-electron chi connectivity index (χ2n) is 5.46. The molecule has 2 aromatic rings. The molecule has 0 aliphatic carbocycles. The van der Waals surface area contributed by atoms with Crippen molar-refractivity contribution in [2.75, 3.05) is 33.3 Å². The fraction of sp³-hybridized carbons (Fsp3) is 0.200. The molecule has 0 saturated heterocycles. The maximum Gasteiger partial charge on any atom is 0.331 e. The number of rotatable bonds is 8. The molecule has 28 heavy (non-hydrogen) atoms. The van der Waals surface area contributed by atoms with Gasteiger partial charge in [-0.1, -0.05) is 28.1 Å². The van der Waals surface area contributed by atoms with Gasteiger partial charge in [0.05, 0.1) is 21.3 Å². The first-order chi connectivity index (χ1) is 13.5. The average Bonchev–Trinajstić information content (AvgIpc) is 2.69. The van der Waals surface area contributed by atoms with E-state index in [-0.39, 0.29) is 0 Å². The Labute approximate surface area is 171 Å². The number of esters is 1. The number of hydrogen-bond donors (Lipinski definition) is 1. The Morgan fingerprint density at radius 1 is 1.04 bits per heavy atom. The zero-order chi connectivity index (χ0) is 20.5. The van der Waals surface area contributed by atoms with E-state index in [0.717, 1.165) is 10.0 Å². The molecule has 7 nitrogen and oxygen atoms in total. The number of anilines is 1. The fourth-order valence-corrected chi connectivity index (χ4v) is 2.73.